The van der Waals surface area contributed by atoms with Crippen molar-refractivity contribution in [1.29, 1.82) is 0 Å². The van der Waals surface area contributed by atoms with Crippen molar-refractivity contribution in [3.8, 4) is 11.5 Å². The van der Waals surface area contributed by atoms with Gasteiger partial charge in [-0.2, -0.15) is 13.2 Å². The van der Waals surface area contributed by atoms with E-state index in [1.807, 2.05) is 19.1 Å². The zero-order chi connectivity index (χ0) is 25.6. The summed E-state index contributed by atoms with van der Waals surface area (Å²) in [6.07, 6.45) is -3.98. The molecule has 2 aromatic rings. The van der Waals surface area contributed by atoms with E-state index in [0.717, 1.165) is 17.7 Å². The maximum Gasteiger partial charge on any atom is 0.416 e. The van der Waals surface area contributed by atoms with Crippen LogP contribution < -0.4 is 20.1 Å². The molecule has 0 aliphatic carbocycles. The number of halogens is 3. The van der Waals surface area contributed by atoms with Gasteiger partial charge in [0.15, 0.2) is 11.5 Å². The SMILES string of the molecule is CCNC(=O)N1CC(C(=O)NCc2cccc(C(F)(F)F)c2)CC(c2ccc(OC)c(OC)c2)C1. The van der Waals surface area contributed by atoms with Gasteiger partial charge in [0.1, 0.15) is 0 Å². The Morgan fingerprint density at radius 3 is 2.43 bits per heavy atom. The molecule has 3 amide bonds. The van der Waals surface area contributed by atoms with E-state index in [-0.39, 0.29) is 30.9 Å². The Morgan fingerprint density at radius 1 is 1.03 bits per heavy atom. The predicted octanol–water partition coefficient (Wildman–Crippen LogP) is 4.17. The number of benzene rings is 2. The molecule has 2 atom stereocenters. The van der Waals surface area contributed by atoms with Gasteiger partial charge in [-0.25, -0.2) is 4.79 Å². The average molecular weight is 494 g/mol. The number of piperidine rings is 1. The highest BCUT2D eigenvalue weighted by Gasteiger charge is 2.35. The first-order chi connectivity index (χ1) is 16.7. The number of rotatable bonds is 7. The Hall–Kier alpha value is -3.43. The molecule has 0 saturated carbocycles. The number of hydrogen-bond donors (Lipinski definition) is 2. The first-order valence-electron chi connectivity index (χ1n) is 11.3. The van der Waals surface area contributed by atoms with Gasteiger partial charge < -0.3 is 25.0 Å². The Balaban J connectivity index is 1.77. The number of nitrogens with one attached hydrogen (secondary N) is 2. The standard InChI is InChI=1S/C25H30F3N3O4/c1-4-29-24(33)31-14-18(17-8-9-21(34-2)22(12-17)35-3)11-19(15-31)23(32)30-13-16-6-5-7-20(10-16)25(26,27)28/h5-10,12,18-19H,4,11,13-15H2,1-3H3,(H,29,33)(H,30,32). The van der Waals surface area contributed by atoms with Crippen LogP contribution in [-0.4, -0.2) is 50.7 Å². The predicted molar refractivity (Wildman–Crippen MR) is 124 cm³/mol. The van der Waals surface area contributed by atoms with Crippen molar-refractivity contribution >= 4 is 11.9 Å². The molecule has 0 bridgehead atoms. The van der Waals surface area contributed by atoms with Crippen molar-refractivity contribution in [2.45, 2.75) is 32.0 Å². The van der Waals surface area contributed by atoms with Crippen LogP contribution in [0.25, 0.3) is 0 Å². The van der Waals surface area contributed by atoms with Gasteiger partial charge in [-0.3, -0.25) is 4.79 Å². The molecule has 1 heterocycles. The summed E-state index contributed by atoms with van der Waals surface area (Å²) in [5, 5.41) is 5.51. The van der Waals surface area contributed by atoms with Crippen molar-refractivity contribution in [3.05, 3.63) is 59.2 Å². The molecule has 35 heavy (non-hydrogen) atoms. The largest absolute Gasteiger partial charge is 0.493 e. The Morgan fingerprint density at radius 2 is 1.77 bits per heavy atom. The van der Waals surface area contributed by atoms with Crippen LogP contribution in [0.3, 0.4) is 0 Å². The van der Waals surface area contributed by atoms with Crippen LogP contribution in [0.15, 0.2) is 42.5 Å². The van der Waals surface area contributed by atoms with E-state index >= 15 is 0 Å². The van der Waals surface area contributed by atoms with Gasteiger partial charge in [0, 0.05) is 32.1 Å². The number of likely N-dealkylation sites (tertiary alicyclic amines) is 1. The molecule has 1 fully saturated rings. The highest BCUT2D eigenvalue weighted by Crippen LogP contribution is 2.36. The maximum atomic E-state index is 13.0. The van der Waals surface area contributed by atoms with E-state index in [9.17, 15) is 22.8 Å². The number of carbonyl (C=O) groups is 2. The summed E-state index contributed by atoms with van der Waals surface area (Å²) in [6, 6.07) is 10.1. The Bertz CT molecular complexity index is 1040. The summed E-state index contributed by atoms with van der Waals surface area (Å²) < 4.78 is 49.7. The lowest BCUT2D eigenvalue weighted by atomic mass is 9.84. The topological polar surface area (TPSA) is 79.9 Å². The second-order valence-corrected chi connectivity index (χ2v) is 8.40. The molecule has 3 rings (SSSR count). The van der Waals surface area contributed by atoms with E-state index in [2.05, 4.69) is 10.6 Å². The highest BCUT2D eigenvalue weighted by atomic mass is 19.4. The van der Waals surface area contributed by atoms with Crippen LogP contribution in [0, 0.1) is 5.92 Å². The van der Waals surface area contributed by atoms with Gasteiger partial charge in [0.2, 0.25) is 5.91 Å². The number of hydrogen-bond acceptors (Lipinski definition) is 4. The number of carbonyl (C=O) groups excluding carboxylic acids is 2. The lowest BCUT2D eigenvalue weighted by Crippen LogP contribution is -2.51. The Labute approximate surface area is 202 Å². The summed E-state index contributed by atoms with van der Waals surface area (Å²) >= 11 is 0. The number of methoxy groups -OCH3 is 2. The molecule has 0 aromatic heterocycles. The van der Waals surface area contributed by atoms with Crippen molar-refractivity contribution in [3.63, 3.8) is 0 Å². The van der Waals surface area contributed by atoms with Gasteiger partial charge in [-0.15, -0.1) is 0 Å². The third-order valence-corrected chi connectivity index (χ3v) is 6.04. The third-order valence-electron chi connectivity index (χ3n) is 6.04. The summed E-state index contributed by atoms with van der Waals surface area (Å²) in [6.45, 7) is 2.85. The minimum Gasteiger partial charge on any atom is -0.493 e. The first-order valence-corrected chi connectivity index (χ1v) is 11.3. The molecule has 2 unspecified atom stereocenters. The van der Waals surface area contributed by atoms with E-state index < -0.39 is 17.7 Å². The quantitative estimate of drug-likeness (QED) is 0.607. The van der Waals surface area contributed by atoms with E-state index in [4.69, 9.17) is 9.47 Å². The van der Waals surface area contributed by atoms with Crippen molar-refractivity contribution in [1.82, 2.24) is 15.5 Å². The molecule has 0 spiro atoms. The summed E-state index contributed by atoms with van der Waals surface area (Å²) in [7, 11) is 3.08. The molecule has 1 aliphatic heterocycles. The van der Waals surface area contributed by atoms with Crippen LogP contribution in [0.2, 0.25) is 0 Å². The van der Waals surface area contributed by atoms with E-state index in [1.54, 1.807) is 18.1 Å². The Kier molecular flexibility index (Phi) is 8.48. The van der Waals surface area contributed by atoms with Crippen LogP contribution in [0.4, 0.5) is 18.0 Å². The van der Waals surface area contributed by atoms with Gasteiger partial charge in [0.25, 0.3) is 0 Å². The molecule has 2 aromatic carbocycles. The number of urea groups is 1. The van der Waals surface area contributed by atoms with Gasteiger partial charge in [-0.05, 0) is 48.7 Å². The first kappa shape index (κ1) is 26.2. The number of alkyl halides is 3. The number of amides is 3. The molecule has 10 heteroatoms. The second kappa shape index (κ2) is 11.3. The van der Waals surface area contributed by atoms with Crippen LogP contribution in [-0.2, 0) is 17.5 Å². The fourth-order valence-electron chi connectivity index (χ4n) is 4.26. The third kappa shape index (κ3) is 6.58. The molecule has 7 nitrogen and oxygen atoms in total. The zero-order valence-corrected chi connectivity index (χ0v) is 19.9. The van der Waals surface area contributed by atoms with Crippen molar-refractivity contribution in [2.75, 3.05) is 33.9 Å². The van der Waals surface area contributed by atoms with Crippen LogP contribution in [0.1, 0.15) is 36.0 Å². The van der Waals surface area contributed by atoms with Gasteiger partial charge in [0.05, 0.1) is 25.7 Å². The van der Waals surface area contributed by atoms with Gasteiger partial charge in [-0.1, -0.05) is 18.2 Å². The summed E-state index contributed by atoms with van der Waals surface area (Å²) in [5.74, 6) is 0.126. The van der Waals surface area contributed by atoms with Crippen LogP contribution in [0.5, 0.6) is 11.5 Å². The van der Waals surface area contributed by atoms with Crippen LogP contribution >= 0.6 is 0 Å². The molecule has 1 aliphatic rings. The fourth-order valence-corrected chi connectivity index (χ4v) is 4.26. The molecule has 1 saturated heterocycles. The summed E-state index contributed by atoms with van der Waals surface area (Å²) in [5.41, 5.74) is 0.478. The van der Waals surface area contributed by atoms with Crippen molar-refractivity contribution < 1.29 is 32.2 Å². The minimum atomic E-state index is -4.46. The second-order valence-electron chi connectivity index (χ2n) is 8.40. The fraction of sp³-hybridized carbons (Fsp3) is 0.440. The van der Waals surface area contributed by atoms with Gasteiger partial charge >= 0.3 is 12.2 Å². The maximum absolute atomic E-state index is 13.0. The zero-order valence-electron chi connectivity index (χ0n) is 19.9. The smallest absolute Gasteiger partial charge is 0.416 e. The molecule has 190 valence electrons. The average Bonchev–Trinajstić information content (AvgIpc) is 2.86. The molecule has 0 radical (unpaired) electrons. The highest BCUT2D eigenvalue weighted by molar-refractivity contribution is 5.81. The molecular weight excluding hydrogens is 463 g/mol. The minimum absolute atomic E-state index is 0.0402. The number of ether oxygens (including phenoxy) is 2. The van der Waals surface area contributed by atoms with E-state index in [0.29, 0.717) is 36.6 Å². The normalized spacial score (nSPS) is 18.1. The number of nitrogens with zero attached hydrogens (tertiary/aromatic N) is 1. The van der Waals surface area contributed by atoms with E-state index in [1.165, 1.54) is 19.2 Å². The molecular formula is C25H30F3N3O4. The monoisotopic (exact) mass is 493 g/mol. The lowest BCUT2D eigenvalue weighted by Gasteiger charge is -2.37. The summed E-state index contributed by atoms with van der Waals surface area (Å²) in [4.78, 5) is 27.3. The lowest BCUT2D eigenvalue weighted by molar-refractivity contribution is -0.137. The van der Waals surface area contributed by atoms with Crippen molar-refractivity contribution in [2.24, 2.45) is 5.92 Å². The molecule has 2 N–H and O–H groups in total.